The molecule has 1 aliphatic rings. The van der Waals surface area contributed by atoms with Gasteiger partial charge < -0.3 is 19.9 Å². The Morgan fingerprint density at radius 1 is 1.08 bits per heavy atom. The summed E-state index contributed by atoms with van der Waals surface area (Å²) >= 11 is 1.55. The molecule has 1 fully saturated rings. The molecule has 4 aromatic rings. The number of aromatic nitrogens is 4. The summed E-state index contributed by atoms with van der Waals surface area (Å²) in [5.74, 6) is 2.06. The summed E-state index contributed by atoms with van der Waals surface area (Å²) in [7, 11) is 3.50. The van der Waals surface area contributed by atoms with Gasteiger partial charge in [-0.25, -0.2) is 15.0 Å². The Bertz CT molecular complexity index is 1450. The van der Waals surface area contributed by atoms with Gasteiger partial charge in [-0.15, -0.1) is 11.3 Å². The summed E-state index contributed by atoms with van der Waals surface area (Å²) < 4.78 is 6.47. The summed E-state index contributed by atoms with van der Waals surface area (Å²) in [6, 6.07) is 11.4. The number of hydrogen-bond acceptors (Lipinski definition) is 10. The number of amides is 1. The first-order chi connectivity index (χ1) is 18.9. The molecule has 0 radical (unpaired) electrons. The molecule has 4 heterocycles. The number of ether oxygens (including phenoxy) is 1. The minimum Gasteiger partial charge on any atom is -0.380 e. The second-order valence-corrected chi connectivity index (χ2v) is 10.7. The molecule has 0 atom stereocenters. The van der Waals surface area contributed by atoms with E-state index in [9.17, 15) is 4.79 Å². The highest BCUT2D eigenvalue weighted by Gasteiger charge is 2.20. The van der Waals surface area contributed by atoms with Crippen LogP contribution in [0.15, 0.2) is 42.6 Å². The first-order valence-electron chi connectivity index (χ1n) is 13.2. The summed E-state index contributed by atoms with van der Waals surface area (Å²) in [6.45, 7) is 10.2. The number of thiazole rings is 1. The molecule has 0 unspecified atom stereocenters. The molecule has 3 aromatic heterocycles. The van der Waals surface area contributed by atoms with Gasteiger partial charge in [0.15, 0.2) is 0 Å². The quantitative estimate of drug-likeness (QED) is 0.312. The van der Waals surface area contributed by atoms with E-state index in [0.717, 1.165) is 78.4 Å². The molecule has 11 heteroatoms. The van der Waals surface area contributed by atoms with Crippen molar-refractivity contribution in [3.05, 3.63) is 53.9 Å². The van der Waals surface area contributed by atoms with Gasteiger partial charge in [-0.05, 0) is 26.0 Å². The van der Waals surface area contributed by atoms with Crippen LogP contribution in [-0.2, 0) is 4.74 Å². The number of benzene rings is 1. The molecular formula is C28H34N8O2S. The second kappa shape index (κ2) is 12.0. The molecule has 0 aliphatic carbocycles. The minimum absolute atomic E-state index is 0.0333. The molecule has 1 saturated heterocycles. The second-order valence-electron chi connectivity index (χ2n) is 9.68. The van der Waals surface area contributed by atoms with Gasteiger partial charge in [0.05, 0.1) is 16.8 Å². The Morgan fingerprint density at radius 3 is 2.67 bits per heavy atom. The largest absolute Gasteiger partial charge is 0.380 e. The molecule has 204 valence electrons. The zero-order valence-corrected chi connectivity index (χ0v) is 23.7. The Hall–Kier alpha value is -3.67. The normalized spacial score (nSPS) is 14.1. The van der Waals surface area contributed by atoms with Crippen molar-refractivity contribution in [3.8, 4) is 10.6 Å². The molecule has 1 aromatic carbocycles. The van der Waals surface area contributed by atoms with Crippen LogP contribution in [0.25, 0.3) is 20.8 Å². The highest BCUT2D eigenvalue weighted by Crippen LogP contribution is 2.32. The topological polar surface area (TPSA) is 99.6 Å². The van der Waals surface area contributed by atoms with Crippen molar-refractivity contribution in [3.63, 3.8) is 0 Å². The van der Waals surface area contributed by atoms with E-state index in [1.54, 1.807) is 30.3 Å². The van der Waals surface area contributed by atoms with Gasteiger partial charge in [0.1, 0.15) is 16.6 Å². The monoisotopic (exact) mass is 546 g/mol. The molecule has 1 N–H and O–H groups in total. The molecule has 10 nitrogen and oxygen atoms in total. The smallest absolute Gasteiger partial charge is 0.253 e. The molecule has 1 amide bonds. The van der Waals surface area contributed by atoms with Crippen LogP contribution in [-0.4, -0.2) is 95.7 Å². The molecule has 1 aliphatic heterocycles. The Labute approximate surface area is 232 Å². The zero-order valence-electron chi connectivity index (χ0n) is 22.8. The number of carbonyl (C=O) groups is 1. The van der Waals surface area contributed by atoms with Gasteiger partial charge in [-0.2, -0.15) is 4.98 Å². The minimum atomic E-state index is -0.0333. The van der Waals surface area contributed by atoms with E-state index in [1.807, 2.05) is 56.4 Å². The Morgan fingerprint density at radius 2 is 1.90 bits per heavy atom. The first kappa shape index (κ1) is 26.9. The van der Waals surface area contributed by atoms with Gasteiger partial charge >= 0.3 is 0 Å². The van der Waals surface area contributed by atoms with E-state index in [-0.39, 0.29) is 5.91 Å². The van der Waals surface area contributed by atoms with Crippen LogP contribution in [0.5, 0.6) is 0 Å². The van der Waals surface area contributed by atoms with Crippen molar-refractivity contribution in [2.45, 2.75) is 13.8 Å². The molecule has 5 rings (SSSR count). The average molecular weight is 547 g/mol. The lowest BCUT2D eigenvalue weighted by Gasteiger charge is -2.34. The molecular weight excluding hydrogens is 512 g/mol. The number of aryl methyl sites for hydroxylation is 1. The average Bonchev–Trinajstić information content (AvgIpc) is 3.36. The van der Waals surface area contributed by atoms with Gasteiger partial charge in [-0.1, -0.05) is 12.1 Å². The maximum Gasteiger partial charge on any atom is 0.253 e. The van der Waals surface area contributed by atoms with E-state index in [2.05, 4.69) is 20.1 Å². The SMILES string of the molecule is CCOCCN1CCN(c2nc(C)cc(Nc3cc4nc(-c5cccc(C(=O)N(C)C)c5)sc4cn3)n2)CC1. The fourth-order valence-corrected chi connectivity index (χ4v) is 5.38. The summed E-state index contributed by atoms with van der Waals surface area (Å²) in [5.41, 5.74) is 3.28. The van der Waals surface area contributed by atoms with Gasteiger partial charge in [0, 0.05) is 88.6 Å². The standard InChI is InChI=1S/C28H34N8O2S/c1-5-38-14-13-35-9-11-36(12-10-35)28-30-19(2)15-25(33-28)32-24-17-22-23(18-29-24)39-26(31-22)20-7-6-8-21(16-20)27(37)34(3)4/h6-8,15-18H,5,9-14H2,1-4H3,(H,29,30,32,33). The maximum absolute atomic E-state index is 12.4. The van der Waals surface area contributed by atoms with Gasteiger partial charge in [0.2, 0.25) is 5.95 Å². The lowest BCUT2D eigenvalue weighted by molar-refractivity contribution is 0.0827. The number of piperazine rings is 1. The van der Waals surface area contributed by atoms with Crippen LogP contribution < -0.4 is 10.2 Å². The summed E-state index contributed by atoms with van der Waals surface area (Å²) in [4.78, 5) is 37.5. The third kappa shape index (κ3) is 6.49. The molecule has 0 bridgehead atoms. The number of nitrogens with zero attached hydrogens (tertiary/aromatic N) is 7. The van der Waals surface area contributed by atoms with Crippen LogP contribution in [0.1, 0.15) is 23.0 Å². The van der Waals surface area contributed by atoms with Crippen LogP contribution in [0.3, 0.4) is 0 Å². The lowest BCUT2D eigenvalue weighted by Crippen LogP contribution is -2.48. The number of nitrogens with one attached hydrogen (secondary N) is 1. The first-order valence-corrected chi connectivity index (χ1v) is 14.0. The van der Waals surface area contributed by atoms with E-state index in [1.165, 1.54) is 0 Å². The van der Waals surface area contributed by atoms with Crippen molar-refractivity contribution < 1.29 is 9.53 Å². The number of pyridine rings is 1. The highest BCUT2D eigenvalue weighted by molar-refractivity contribution is 7.21. The number of carbonyl (C=O) groups excluding carboxylic acids is 1. The molecule has 0 saturated carbocycles. The van der Waals surface area contributed by atoms with E-state index >= 15 is 0 Å². The number of anilines is 3. The molecule has 39 heavy (non-hydrogen) atoms. The summed E-state index contributed by atoms with van der Waals surface area (Å²) in [6.07, 6.45) is 1.82. The van der Waals surface area contributed by atoms with Crippen molar-refractivity contribution in [2.75, 3.05) is 70.2 Å². The number of hydrogen-bond donors (Lipinski definition) is 1. The van der Waals surface area contributed by atoms with Crippen molar-refractivity contribution >= 4 is 45.0 Å². The third-order valence-electron chi connectivity index (χ3n) is 6.55. The summed E-state index contributed by atoms with van der Waals surface area (Å²) in [5, 5.41) is 4.19. The highest BCUT2D eigenvalue weighted by atomic mass is 32.1. The number of fused-ring (bicyclic) bond motifs is 1. The van der Waals surface area contributed by atoms with Crippen LogP contribution in [0, 0.1) is 6.92 Å². The van der Waals surface area contributed by atoms with E-state index in [0.29, 0.717) is 17.2 Å². The van der Waals surface area contributed by atoms with Gasteiger partial charge in [0.25, 0.3) is 5.91 Å². The zero-order chi connectivity index (χ0) is 27.4. The molecule has 0 spiro atoms. The van der Waals surface area contributed by atoms with Crippen LogP contribution >= 0.6 is 11.3 Å². The Balaban J connectivity index is 1.30. The fraction of sp³-hybridized carbons (Fsp3) is 0.393. The Kier molecular flexibility index (Phi) is 8.30. The van der Waals surface area contributed by atoms with E-state index in [4.69, 9.17) is 19.7 Å². The fourth-order valence-electron chi connectivity index (χ4n) is 4.47. The predicted molar refractivity (Wildman–Crippen MR) is 156 cm³/mol. The van der Waals surface area contributed by atoms with Crippen molar-refractivity contribution in [1.82, 2.24) is 29.7 Å². The number of rotatable bonds is 9. The van der Waals surface area contributed by atoms with Crippen LogP contribution in [0.4, 0.5) is 17.6 Å². The third-order valence-corrected chi connectivity index (χ3v) is 7.60. The van der Waals surface area contributed by atoms with Gasteiger partial charge in [-0.3, -0.25) is 9.69 Å². The van der Waals surface area contributed by atoms with Crippen molar-refractivity contribution in [2.24, 2.45) is 0 Å². The van der Waals surface area contributed by atoms with Crippen molar-refractivity contribution in [1.29, 1.82) is 0 Å². The lowest BCUT2D eigenvalue weighted by atomic mass is 10.1. The van der Waals surface area contributed by atoms with Crippen LogP contribution in [0.2, 0.25) is 0 Å². The maximum atomic E-state index is 12.4. The predicted octanol–water partition coefficient (Wildman–Crippen LogP) is 4.06. The van der Waals surface area contributed by atoms with E-state index < -0.39 is 0 Å².